The van der Waals surface area contributed by atoms with Gasteiger partial charge in [0.25, 0.3) is 0 Å². The maximum absolute atomic E-state index is 12.5. The van der Waals surface area contributed by atoms with E-state index in [9.17, 15) is 4.79 Å². The molecule has 6 nitrogen and oxygen atoms in total. The summed E-state index contributed by atoms with van der Waals surface area (Å²) in [7, 11) is 0. The first-order valence-electron chi connectivity index (χ1n) is 10.7. The number of nitrogens with one attached hydrogen (secondary N) is 1. The number of rotatable bonds is 13. The molecule has 0 radical (unpaired) electrons. The van der Waals surface area contributed by atoms with Gasteiger partial charge in [-0.05, 0) is 50.9 Å². The fourth-order valence-corrected chi connectivity index (χ4v) is 3.26. The zero-order chi connectivity index (χ0) is 20.0. The van der Waals surface area contributed by atoms with Gasteiger partial charge in [-0.25, -0.2) is 4.79 Å². The average molecular weight is 393 g/mol. The van der Waals surface area contributed by atoms with E-state index < -0.39 is 6.09 Å². The smallest absolute Gasteiger partial charge is 0.412 e. The number of hydrogen-bond donors (Lipinski definition) is 1. The van der Waals surface area contributed by atoms with Crippen LogP contribution < -0.4 is 10.1 Å². The van der Waals surface area contributed by atoms with Gasteiger partial charge >= 0.3 is 6.09 Å². The van der Waals surface area contributed by atoms with Gasteiger partial charge in [0.15, 0.2) is 0 Å². The molecule has 1 fully saturated rings. The van der Waals surface area contributed by atoms with E-state index in [-0.39, 0.29) is 6.10 Å². The number of anilines is 1. The van der Waals surface area contributed by atoms with Crippen LogP contribution in [-0.4, -0.2) is 56.6 Å². The second-order valence-electron chi connectivity index (χ2n) is 7.29. The molecule has 0 bridgehead atoms. The third-order valence-electron chi connectivity index (χ3n) is 4.72. The SMILES string of the molecule is CCCCCOc1ccccc1NC(=O)OC(COCCC)CN1CCCC1. The second kappa shape index (κ2) is 13.4. The van der Waals surface area contributed by atoms with Crippen LogP contribution in [0.1, 0.15) is 52.4 Å². The highest BCUT2D eigenvalue weighted by Gasteiger charge is 2.21. The monoisotopic (exact) mass is 392 g/mol. The van der Waals surface area contributed by atoms with Crippen LogP contribution in [0.15, 0.2) is 24.3 Å². The predicted octanol–water partition coefficient (Wildman–Crippen LogP) is 4.70. The normalized spacial score (nSPS) is 15.4. The van der Waals surface area contributed by atoms with Crippen molar-refractivity contribution in [2.75, 3.05) is 44.8 Å². The summed E-state index contributed by atoms with van der Waals surface area (Å²) in [6.45, 7) is 8.81. The molecule has 2 rings (SSSR count). The van der Waals surface area contributed by atoms with Gasteiger partial charge in [0, 0.05) is 13.2 Å². The molecule has 1 saturated heterocycles. The highest BCUT2D eigenvalue weighted by Crippen LogP contribution is 2.24. The summed E-state index contributed by atoms with van der Waals surface area (Å²) in [5.74, 6) is 0.675. The van der Waals surface area contributed by atoms with Gasteiger partial charge in [-0.3, -0.25) is 10.2 Å². The zero-order valence-corrected chi connectivity index (χ0v) is 17.5. The Balaban J connectivity index is 1.87. The average Bonchev–Trinajstić information content (AvgIpc) is 3.19. The number of amides is 1. The summed E-state index contributed by atoms with van der Waals surface area (Å²) in [4.78, 5) is 14.8. The molecule has 1 aliphatic heterocycles. The van der Waals surface area contributed by atoms with Gasteiger partial charge in [-0.1, -0.05) is 38.8 Å². The fraction of sp³-hybridized carbons (Fsp3) is 0.682. The minimum atomic E-state index is -0.464. The van der Waals surface area contributed by atoms with Crippen LogP contribution in [0.3, 0.4) is 0 Å². The molecule has 1 aliphatic rings. The number of carbonyl (C=O) groups excluding carboxylic acids is 1. The van der Waals surface area contributed by atoms with Crippen molar-refractivity contribution in [3.63, 3.8) is 0 Å². The Morgan fingerprint density at radius 3 is 2.64 bits per heavy atom. The van der Waals surface area contributed by atoms with Crippen molar-refractivity contribution in [1.29, 1.82) is 0 Å². The van der Waals surface area contributed by atoms with E-state index in [1.165, 1.54) is 12.8 Å². The standard InChI is InChI=1S/C22H36N2O4/c1-3-5-10-16-27-21-12-7-6-11-20(21)23-22(25)28-19(18-26-15-4-2)17-24-13-8-9-14-24/h6-7,11-12,19H,3-5,8-10,13-18H2,1-2H3,(H,23,25). The molecule has 0 saturated carbocycles. The van der Waals surface area contributed by atoms with E-state index >= 15 is 0 Å². The molecule has 6 heteroatoms. The van der Waals surface area contributed by atoms with E-state index in [1.54, 1.807) is 0 Å². The molecular weight excluding hydrogens is 356 g/mol. The van der Waals surface area contributed by atoms with Gasteiger partial charge < -0.3 is 14.2 Å². The maximum atomic E-state index is 12.5. The number of benzene rings is 1. The van der Waals surface area contributed by atoms with Crippen LogP contribution in [0.5, 0.6) is 5.75 Å². The van der Waals surface area contributed by atoms with Crippen molar-refractivity contribution >= 4 is 11.8 Å². The topological polar surface area (TPSA) is 60.0 Å². The molecule has 1 unspecified atom stereocenters. The van der Waals surface area contributed by atoms with Crippen molar-refractivity contribution in [3.8, 4) is 5.75 Å². The minimum absolute atomic E-state index is 0.276. The minimum Gasteiger partial charge on any atom is -0.491 e. The van der Waals surface area contributed by atoms with Gasteiger partial charge in [0.2, 0.25) is 0 Å². The van der Waals surface area contributed by atoms with Crippen molar-refractivity contribution in [3.05, 3.63) is 24.3 Å². The molecule has 1 N–H and O–H groups in total. The van der Waals surface area contributed by atoms with Crippen molar-refractivity contribution in [1.82, 2.24) is 4.90 Å². The number of carbonyl (C=O) groups is 1. The first-order valence-corrected chi connectivity index (χ1v) is 10.7. The van der Waals surface area contributed by atoms with E-state index in [1.807, 2.05) is 24.3 Å². The Labute approximate surface area is 169 Å². The van der Waals surface area contributed by atoms with Gasteiger partial charge in [0.1, 0.15) is 11.9 Å². The summed E-state index contributed by atoms with van der Waals surface area (Å²) >= 11 is 0. The number of unbranched alkanes of at least 4 members (excludes halogenated alkanes) is 2. The summed E-state index contributed by atoms with van der Waals surface area (Å²) < 4.78 is 17.2. The van der Waals surface area contributed by atoms with Crippen LogP contribution in [0.4, 0.5) is 10.5 Å². The number of likely N-dealkylation sites (tertiary alicyclic amines) is 1. The van der Waals surface area contributed by atoms with Crippen molar-refractivity contribution in [2.24, 2.45) is 0 Å². The van der Waals surface area contributed by atoms with Crippen molar-refractivity contribution < 1.29 is 19.0 Å². The quantitative estimate of drug-likeness (QED) is 0.493. The Morgan fingerprint density at radius 2 is 1.89 bits per heavy atom. The summed E-state index contributed by atoms with van der Waals surface area (Å²) in [6.07, 6.45) is 5.90. The van der Waals surface area contributed by atoms with Crippen LogP contribution in [0, 0.1) is 0 Å². The fourth-order valence-electron chi connectivity index (χ4n) is 3.26. The largest absolute Gasteiger partial charge is 0.491 e. The van der Waals surface area contributed by atoms with Gasteiger partial charge in [-0.2, -0.15) is 0 Å². The maximum Gasteiger partial charge on any atom is 0.412 e. The van der Waals surface area contributed by atoms with Crippen LogP contribution in [0.25, 0.3) is 0 Å². The number of ether oxygens (including phenoxy) is 3. The molecule has 158 valence electrons. The molecule has 0 spiro atoms. The lowest BCUT2D eigenvalue weighted by molar-refractivity contribution is 0.0108. The number of hydrogen-bond acceptors (Lipinski definition) is 5. The Morgan fingerprint density at radius 1 is 1.11 bits per heavy atom. The lowest BCUT2D eigenvalue weighted by atomic mass is 10.2. The van der Waals surface area contributed by atoms with Crippen LogP contribution in [-0.2, 0) is 9.47 Å². The summed E-state index contributed by atoms with van der Waals surface area (Å²) in [6, 6.07) is 7.48. The molecule has 28 heavy (non-hydrogen) atoms. The highest BCUT2D eigenvalue weighted by atomic mass is 16.6. The third kappa shape index (κ3) is 8.48. The number of nitrogens with zero attached hydrogens (tertiary/aromatic N) is 1. The van der Waals surface area contributed by atoms with E-state index in [4.69, 9.17) is 14.2 Å². The van der Waals surface area contributed by atoms with E-state index in [2.05, 4.69) is 24.1 Å². The lowest BCUT2D eigenvalue weighted by Crippen LogP contribution is -2.37. The van der Waals surface area contributed by atoms with E-state index in [0.29, 0.717) is 37.8 Å². The first kappa shape index (κ1) is 22.5. The second-order valence-corrected chi connectivity index (χ2v) is 7.29. The number of para-hydroxylation sites is 2. The zero-order valence-electron chi connectivity index (χ0n) is 17.5. The lowest BCUT2D eigenvalue weighted by Gasteiger charge is -2.24. The molecule has 1 atom stereocenters. The Kier molecular flexibility index (Phi) is 10.8. The third-order valence-corrected chi connectivity index (χ3v) is 4.72. The van der Waals surface area contributed by atoms with Crippen LogP contribution in [0.2, 0.25) is 0 Å². The molecule has 0 aliphatic carbocycles. The molecule has 1 aromatic rings. The Hall–Kier alpha value is -1.79. The first-order chi connectivity index (χ1) is 13.7. The highest BCUT2D eigenvalue weighted by molar-refractivity contribution is 5.86. The molecule has 1 heterocycles. The molecule has 1 amide bonds. The summed E-state index contributed by atoms with van der Waals surface area (Å²) in [5, 5.41) is 2.84. The summed E-state index contributed by atoms with van der Waals surface area (Å²) in [5.41, 5.74) is 0.637. The predicted molar refractivity (Wildman–Crippen MR) is 112 cm³/mol. The van der Waals surface area contributed by atoms with Gasteiger partial charge in [-0.15, -0.1) is 0 Å². The van der Waals surface area contributed by atoms with Gasteiger partial charge in [0.05, 0.1) is 18.9 Å². The van der Waals surface area contributed by atoms with E-state index in [0.717, 1.165) is 38.8 Å². The Bertz CT molecular complexity index is 561. The molecule has 1 aromatic carbocycles. The van der Waals surface area contributed by atoms with Crippen molar-refractivity contribution in [2.45, 2.75) is 58.5 Å². The van der Waals surface area contributed by atoms with Crippen LogP contribution >= 0.6 is 0 Å². The molecular formula is C22H36N2O4. The molecule has 0 aromatic heterocycles.